The molecule has 0 bridgehead atoms. The van der Waals surface area contributed by atoms with Crippen molar-refractivity contribution >= 4 is 5.97 Å². The molecule has 10 heavy (non-hydrogen) atoms. The van der Waals surface area contributed by atoms with Gasteiger partial charge in [0.2, 0.25) is 0 Å². The monoisotopic (exact) mass is 142 g/mol. The molecule has 58 valence electrons. The number of aliphatic carboxylic acids is 1. The summed E-state index contributed by atoms with van der Waals surface area (Å²) in [5, 5.41) is 8.29. The van der Waals surface area contributed by atoms with Gasteiger partial charge in [-0.2, -0.15) is 0 Å². The van der Waals surface area contributed by atoms with Gasteiger partial charge in [0.1, 0.15) is 0 Å². The number of carboxylic acids is 1. The number of carbonyl (C=O) groups is 1. The molecule has 1 N–H and O–H groups in total. The van der Waals surface area contributed by atoms with Gasteiger partial charge in [-0.1, -0.05) is 25.7 Å². The molecule has 1 saturated carbocycles. The molecular formula is C8H14O2. The normalized spacial score (nSPS) is 17.2. The van der Waals surface area contributed by atoms with E-state index in [4.69, 9.17) is 5.11 Å². The van der Waals surface area contributed by atoms with Gasteiger partial charge in [-0.05, 0) is 12.3 Å². The minimum absolute atomic E-state index is 0.354. The molecule has 0 unspecified atom stereocenters. The minimum atomic E-state index is -0.657. The van der Waals surface area contributed by atoms with E-state index in [1.807, 2.05) is 0 Å². The maximum absolute atomic E-state index is 10.1. The molecule has 1 aliphatic carbocycles. The Labute approximate surface area is 61.2 Å². The van der Waals surface area contributed by atoms with Crippen LogP contribution in [-0.2, 0) is 4.79 Å². The Morgan fingerprint density at radius 2 is 2.10 bits per heavy atom. The number of rotatable bonds is 5. The lowest BCUT2D eigenvalue weighted by Crippen LogP contribution is -1.93. The molecule has 0 amide bonds. The fraction of sp³-hybridized carbons (Fsp3) is 0.875. The second-order valence-electron chi connectivity index (χ2n) is 3.08. The molecule has 1 rings (SSSR count). The van der Waals surface area contributed by atoms with Crippen molar-refractivity contribution in [1.29, 1.82) is 0 Å². The predicted octanol–water partition coefficient (Wildman–Crippen LogP) is 2.04. The number of hydrogen-bond acceptors (Lipinski definition) is 1. The summed E-state index contributed by atoms with van der Waals surface area (Å²) in [4.78, 5) is 10.1. The molecular weight excluding hydrogens is 128 g/mol. The van der Waals surface area contributed by atoms with Crippen molar-refractivity contribution in [2.24, 2.45) is 5.92 Å². The average molecular weight is 142 g/mol. The topological polar surface area (TPSA) is 37.3 Å². The zero-order valence-electron chi connectivity index (χ0n) is 6.18. The number of carboxylic acid groups (broad SMARTS) is 1. The lowest BCUT2D eigenvalue weighted by molar-refractivity contribution is -0.137. The van der Waals surface area contributed by atoms with E-state index >= 15 is 0 Å². The summed E-state index contributed by atoms with van der Waals surface area (Å²) in [6.45, 7) is 0. The Hall–Kier alpha value is -0.530. The van der Waals surface area contributed by atoms with Crippen LogP contribution in [0.4, 0.5) is 0 Å². The summed E-state index contributed by atoms with van der Waals surface area (Å²) in [6, 6.07) is 0. The molecule has 2 nitrogen and oxygen atoms in total. The summed E-state index contributed by atoms with van der Waals surface area (Å²) in [7, 11) is 0. The van der Waals surface area contributed by atoms with Gasteiger partial charge >= 0.3 is 5.97 Å². The van der Waals surface area contributed by atoms with E-state index in [0.717, 1.165) is 18.8 Å². The third-order valence-electron chi connectivity index (χ3n) is 1.95. The van der Waals surface area contributed by atoms with Crippen molar-refractivity contribution in [3.63, 3.8) is 0 Å². The molecule has 0 aromatic carbocycles. The zero-order valence-corrected chi connectivity index (χ0v) is 6.18. The Balaban J connectivity index is 1.80. The predicted molar refractivity (Wildman–Crippen MR) is 38.8 cm³/mol. The van der Waals surface area contributed by atoms with Crippen LogP contribution in [0.2, 0.25) is 0 Å². The summed E-state index contributed by atoms with van der Waals surface area (Å²) >= 11 is 0. The van der Waals surface area contributed by atoms with Crippen LogP contribution in [0.15, 0.2) is 0 Å². The van der Waals surface area contributed by atoms with E-state index in [9.17, 15) is 4.79 Å². The first kappa shape index (κ1) is 7.58. The second kappa shape index (κ2) is 3.59. The highest BCUT2D eigenvalue weighted by Gasteiger charge is 2.19. The van der Waals surface area contributed by atoms with E-state index in [2.05, 4.69) is 0 Å². The standard InChI is InChI=1S/C8H14O2/c9-8(10)4-2-1-3-7-5-6-7/h7H,1-6H2,(H,9,10). The van der Waals surface area contributed by atoms with Gasteiger partial charge < -0.3 is 5.11 Å². The molecule has 0 spiro atoms. The summed E-state index contributed by atoms with van der Waals surface area (Å²) in [5.41, 5.74) is 0. The van der Waals surface area contributed by atoms with Crippen LogP contribution in [0.1, 0.15) is 38.5 Å². The first-order chi connectivity index (χ1) is 4.79. The molecule has 0 aliphatic heterocycles. The van der Waals surface area contributed by atoms with E-state index in [-0.39, 0.29) is 0 Å². The van der Waals surface area contributed by atoms with Crippen molar-refractivity contribution in [2.45, 2.75) is 38.5 Å². The molecule has 0 aromatic rings. The van der Waals surface area contributed by atoms with Crippen LogP contribution in [0.5, 0.6) is 0 Å². The second-order valence-corrected chi connectivity index (χ2v) is 3.08. The fourth-order valence-corrected chi connectivity index (χ4v) is 1.12. The molecule has 0 radical (unpaired) electrons. The molecule has 1 fully saturated rings. The lowest BCUT2D eigenvalue weighted by Gasteiger charge is -1.94. The Bertz CT molecular complexity index is 116. The van der Waals surface area contributed by atoms with E-state index in [1.165, 1.54) is 19.3 Å². The van der Waals surface area contributed by atoms with Gasteiger partial charge in [0.25, 0.3) is 0 Å². The van der Waals surface area contributed by atoms with Gasteiger partial charge in [0, 0.05) is 6.42 Å². The van der Waals surface area contributed by atoms with E-state index in [0.29, 0.717) is 6.42 Å². The number of hydrogen-bond donors (Lipinski definition) is 1. The lowest BCUT2D eigenvalue weighted by atomic mass is 10.1. The smallest absolute Gasteiger partial charge is 0.303 e. The van der Waals surface area contributed by atoms with Crippen molar-refractivity contribution < 1.29 is 9.90 Å². The number of unbranched alkanes of at least 4 members (excludes halogenated alkanes) is 1. The third-order valence-corrected chi connectivity index (χ3v) is 1.95. The highest BCUT2D eigenvalue weighted by Crippen LogP contribution is 2.33. The van der Waals surface area contributed by atoms with Gasteiger partial charge in [-0.3, -0.25) is 4.79 Å². The van der Waals surface area contributed by atoms with Gasteiger partial charge in [-0.25, -0.2) is 0 Å². The summed E-state index contributed by atoms with van der Waals surface area (Å²) in [5.74, 6) is 0.296. The van der Waals surface area contributed by atoms with E-state index in [1.54, 1.807) is 0 Å². The fourth-order valence-electron chi connectivity index (χ4n) is 1.12. The third kappa shape index (κ3) is 3.49. The minimum Gasteiger partial charge on any atom is -0.481 e. The SMILES string of the molecule is O=C(O)CCCCC1CC1. The maximum atomic E-state index is 10.1. The van der Waals surface area contributed by atoms with Crippen molar-refractivity contribution in [3.8, 4) is 0 Å². The highest BCUT2D eigenvalue weighted by atomic mass is 16.4. The van der Waals surface area contributed by atoms with Crippen molar-refractivity contribution in [1.82, 2.24) is 0 Å². The molecule has 0 saturated heterocycles. The zero-order chi connectivity index (χ0) is 7.40. The quantitative estimate of drug-likeness (QED) is 0.596. The molecule has 0 aromatic heterocycles. The molecule has 1 aliphatic rings. The summed E-state index contributed by atoms with van der Waals surface area (Å²) < 4.78 is 0. The molecule has 2 heteroatoms. The largest absolute Gasteiger partial charge is 0.481 e. The van der Waals surface area contributed by atoms with Crippen molar-refractivity contribution in [3.05, 3.63) is 0 Å². The van der Waals surface area contributed by atoms with Crippen LogP contribution in [0.3, 0.4) is 0 Å². The molecule has 0 atom stereocenters. The first-order valence-electron chi connectivity index (χ1n) is 4.01. The van der Waals surface area contributed by atoms with Gasteiger partial charge in [-0.15, -0.1) is 0 Å². The summed E-state index contributed by atoms with van der Waals surface area (Å²) in [6.07, 6.45) is 6.35. The van der Waals surface area contributed by atoms with Gasteiger partial charge in [0.15, 0.2) is 0 Å². The Kier molecular flexibility index (Phi) is 2.72. The van der Waals surface area contributed by atoms with Crippen LogP contribution >= 0.6 is 0 Å². The van der Waals surface area contributed by atoms with Crippen LogP contribution in [0, 0.1) is 5.92 Å². The maximum Gasteiger partial charge on any atom is 0.303 e. The Morgan fingerprint density at radius 3 is 2.60 bits per heavy atom. The Morgan fingerprint density at radius 1 is 1.40 bits per heavy atom. The van der Waals surface area contributed by atoms with Crippen molar-refractivity contribution in [2.75, 3.05) is 0 Å². The average Bonchev–Trinajstić information content (AvgIpc) is 2.62. The van der Waals surface area contributed by atoms with E-state index < -0.39 is 5.97 Å². The van der Waals surface area contributed by atoms with Crippen LogP contribution < -0.4 is 0 Å². The van der Waals surface area contributed by atoms with Crippen LogP contribution in [-0.4, -0.2) is 11.1 Å². The highest BCUT2D eigenvalue weighted by molar-refractivity contribution is 5.66. The first-order valence-corrected chi connectivity index (χ1v) is 4.01. The van der Waals surface area contributed by atoms with Crippen LogP contribution in [0.25, 0.3) is 0 Å². The van der Waals surface area contributed by atoms with Gasteiger partial charge in [0.05, 0.1) is 0 Å². The molecule has 0 heterocycles.